The van der Waals surface area contributed by atoms with E-state index in [-0.39, 0.29) is 15.1 Å². The van der Waals surface area contributed by atoms with E-state index in [1.807, 2.05) is 25.1 Å². The average Bonchev–Trinajstić information content (AvgIpc) is 2.70. The number of aliphatic carboxylic acids is 1. The molecular formula is C17H22Br2O2. The molecule has 0 saturated heterocycles. The van der Waals surface area contributed by atoms with Crippen LogP contribution in [0.15, 0.2) is 30.3 Å². The average molecular weight is 418 g/mol. The second-order valence-electron chi connectivity index (χ2n) is 6.76. The molecule has 2 nitrogen and oxygen atoms in total. The molecule has 4 atom stereocenters. The Labute approximate surface area is 143 Å². The van der Waals surface area contributed by atoms with Gasteiger partial charge in [0.05, 0.1) is 10.2 Å². The van der Waals surface area contributed by atoms with Crippen molar-refractivity contribution >= 4 is 37.8 Å². The van der Waals surface area contributed by atoms with E-state index in [9.17, 15) is 9.90 Å². The van der Waals surface area contributed by atoms with E-state index in [1.165, 1.54) is 5.56 Å². The van der Waals surface area contributed by atoms with Crippen LogP contribution in [0.5, 0.6) is 0 Å². The summed E-state index contributed by atoms with van der Waals surface area (Å²) >= 11 is 7.64. The highest BCUT2D eigenvalue weighted by molar-refractivity contribution is 9.12. The number of hydrogen-bond acceptors (Lipinski definition) is 1. The SMILES string of the molecule is CC1(C)[C@@H]([C@H](Br)[C@H](Br)c2ccccc2)CC[C@@]1(C)C(=O)O. The molecule has 0 bridgehead atoms. The topological polar surface area (TPSA) is 37.3 Å². The molecule has 1 aromatic carbocycles. The first-order chi connectivity index (χ1) is 9.72. The maximum atomic E-state index is 11.7. The highest BCUT2D eigenvalue weighted by Gasteiger charge is 2.58. The second kappa shape index (κ2) is 6.04. The van der Waals surface area contributed by atoms with E-state index in [4.69, 9.17) is 0 Å². The highest BCUT2D eigenvalue weighted by atomic mass is 79.9. The van der Waals surface area contributed by atoms with Gasteiger partial charge in [0.15, 0.2) is 0 Å². The number of carboxylic acids is 1. The lowest BCUT2D eigenvalue weighted by molar-refractivity contribution is -0.154. The van der Waals surface area contributed by atoms with Crippen molar-refractivity contribution in [3.63, 3.8) is 0 Å². The van der Waals surface area contributed by atoms with Gasteiger partial charge in [-0.3, -0.25) is 4.79 Å². The lowest BCUT2D eigenvalue weighted by atomic mass is 9.65. The summed E-state index contributed by atoms with van der Waals surface area (Å²) < 4.78 is 0. The predicted octanol–water partition coefficient (Wildman–Crippen LogP) is 5.41. The molecule has 2 rings (SSSR count). The molecule has 1 aliphatic carbocycles. The van der Waals surface area contributed by atoms with Gasteiger partial charge in [0.1, 0.15) is 0 Å². The fraction of sp³-hybridized carbons (Fsp3) is 0.588. The van der Waals surface area contributed by atoms with Crippen LogP contribution in [0.25, 0.3) is 0 Å². The van der Waals surface area contributed by atoms with E-state index in [2.05, 4.69) is 57.8 Å². The van der Waals surface area contributed by atoms with E-state index >= 15 is 0 Å². The Morgan fingerprint density at radius 3 is 2.29 bits per heavy atom. The van der Waals surface area contributed by atoms with Gasteiger partial charge < -0.3 is 5.11 Å². The van der Waals surface area contributed by atoms with E-state index < -0.39 is 11.4 Å². The molecule has 0 spiro atoms. The molecule has 0 radical (unpaired) electrons. The van der Waals surface area contributed by atoms with Gasteiger partial charge >= 0.3 is 5.97 Å². The highest BCUT2D eigenvalue weighted by Crippen LogP contribution is 2.60. The van der Waals surface area contributed by atoms with Gasteiger partial charge in [0, 0.05) is 4.83 Å². The number of alkyl halides is 2. The quantitative estimate of drug-likeness (QED) is 0.664. The number of halogens is 2. The molecule has 1 aromatic rings. The van der Waals surface area contributed by atoms with Gasteiger partial charge in [-0.2, -0.15) is 0 Å². The van der Waals surface area contributed by atoms with Crippen molar-refractivity contribution < 1.29 is 9.90 Å². The number of hydrogen-bond donors (Lipinski definition) is 1. The zero-order valence-electron chi connectivity index (χ0n) is 12.6. The van der Waals surface area contributed by atoms with E-state index in [1.54, 1.807) is 0 Å². The van der Waals surface area contributed by atoms with Crippen LogP contribution in [0.4, 0.5) is 0 Å². The lowest BCUT2D eigenvalue weighted by Crippen LogP contribution is -2.43. The van der Waals surface area contributed by atoms with Crippen LogP contribution in [0.1, 0.15) is 44.0 Å². The van der Waals surface area contributed by atoms with Crippen LogP contribution in [0, 0.1) is 16.7 Å². The number of benzene rings is 1. The van der Waals surface area contributed by atoms with Crippen LogP contribution >= 0.6 is 31.9 Å². The van der Waals surface area contributed by atoms with Gasteiger partial charge in [-0.15, -0.1) is 0 Å². The number of rotatable bonds is 4. The summed E-state index contributed by atoms with van der Waals surface area (Å²) in [5, 5.41) is 9.64. The first-order valence-corrected chi connectivity index (χ1v) is 9.11. The minimum atomic E-state index is -0.680. The second-order valence-corrected chi connectivity index (χ2v) is 8.80. The van der Waals surface area contributed by atoms with Crippen molar-refractivity contribution in [2.45, 2.75) is 43.3 Å². The Kier molecular flexibility index (Phi) is 4.89. The van der Waals surface area contributed by atoms with Crippen LogP contribution in [0.3, 0.4) is 0 Å². The molecule has 1 aliphatic rings. The summed E-state index contributed by atoms with van der Waals surface area (Å²) in [4.78, 5) is 12.1. The smallest absolute Gasteiger partial charge is 0.309 e. The maximum Gasteiger partial charge on any atom is 0.309 e. The Bertz CT molecular complexity index is 515. The van der Waals surface area contributed by atoms with Crippen molar-refractivity contribution in [3.8, 4) is 0 Å². The summed E-state index contributed by atoms with van der Waals surface area (Å²) in [7, 11) is 0. The minimum Gasteiger partial charge on any atom is -0.481 e. The fourth-order valence-electron chi connectivity index (χ4n) is 3.50. The zero-order chi connectivity index (χ0) is 15.8. The molecule has 0 aliphatic heterocycles. The monoisotopic (exact) mass is 416 g/mol. The third kappa shape index (κ3) is 2.81. The Hall–Kier alpha value is -0.350. The summed E-state index contributed by atoms with van der Waals surface area (Å²) in [5.74, 6) is -0.372. The van der Waals surface area contributed by atoms with E-state index in [0.717, 1.165) is 12.8 Å². The van der Waals surface area contributed by atoms with Gasteiger partial charge in [0.2, 0.25) is 0 Å². The van der Waals surface area contributed by atoms with Crippen molar-refractivity contribution in [1.82, 2.24) is 0 Å². The molecule has 0 unspecified atom stereocenters. The van der Waals surface area contributed by atoms with Crippen molar-refractivity contribution in [1.29, 1.82) is 0 Å². The largest absolute Gasteiger partial charge is 0.481 e. The molecular weight excluding hydrogens is 396 g/mol. The van der Waals surface area contributed by atoms with Crippen LogP contribution in [-0.2, 0) is 4.79 Å². The number of carbonyl (C=O) groups is 1. The molecule has 4 heteroatoms. The van der Waals surface area contributed by atoms with Crippen molar-refractivity contribution in [2.75, 3.05) is 0 Å². The molecule has 0 heterocycles. The maximum absolute atomic E-state index is 11.7. The normalized spacial score (nSPS) is 30.8. The van der Waals surface area contributed by atoms with Crippen molar-refractivity contribution in [3.05, 3.63) is 35.9 Å². The van der Waals surface area contributed by atoms with Crippen LogP contribution in [0.2, 0.25) is 0 Å². The van der Waals surface area contributed by atoms with Gasteiger partial charge in [-0.1, -0.05) is 76.0 Å². The third-order valence-corrected chi connectivity index (χ3v) is 8.53. The van der Waals surface area contributed by atoms with Gasteiger partial charge in [0.25, 0.3) is 0 Å². The minimum absolute atomic E-state index is 0.180. The molecule has 116 valence electrons. The summed E-state index contributed by atoms with van der Waals surface area (Å²) in [5.41, 5.74) is 0.306. The van der Waals surface area contributed by atoms with Crippen LogP contribution in [-0.4, -0.2) is 15.9 Å². The standard InChI is InChI=1S/C17H22Br2O2/c1-16(2)12(9-10-17(16,3)15(20)21)14(19)13(18)11-7-5-4-6-8-11/h4-8,12-14H,9-10H2,1-3H3,(H,20,21)/t12-,13-,14+,17+/m1/s1. The van der Waals surface area contributed by atoms with Gasteiger partial charge in [-0.05, 0) is 36.7 Å². The molecule has 0 aromatic heterocycles. The summed E-state index contributed by atoms with van der Waals surface area (Å²) in [6.45, 7) is 6.08. The molecule has 0 amide bonds. The van der Waals surface area contributed by atoms with Crippen molar-refractivity contribution in [2.24, 2.45) is 16.7 Å². The summed E-state index contributed by atoms with van der Waals surface area (Å²) in [6, 6.07) is 10.3. The Balaban J connectivity index is 2.25. The molecule has 21 heavy (non-hydrogen) atoms. The molecule has 1 fully saturated rings. The van der Waals surface area contributed by atoms with Crippen LogP contribution < -0.4 is 0 Å². The number of carboxylic acid groups (broad SMARTS) is 1. The van der Waals surface area contributed by atoms with Gasteiger partial charge in [-0.25, -0.2) is 0 Å². The predicted molar refractivity (Wildman–Crippen MR) is 93.1 cm³/mol. The Morgan fingerprint density at radius 1 is 1.24 bits per heavy atom. The lowest BCUT2D eigenvalue weighted by Gasteiger charge is -2.41. The van der Waals surface area contributed by atoms with E-state index in [0.29, 0.717) is 5.92 Å². The first kappa shape index (κ1) is 17.0. The zero-order valence-corrected chi connectivity index (χ0v) is 15.8. The molecule has 1 saturated carbocycles. The summed E-state index contributed by atoms with van der Waals surface area (Å²) in [6.07, 6.45) is 1.66. The third-order valence-electron chi connectivity index (χ3n) is 5.56. The molecule has 1 N–H and O–H groups in total. The first-order valence-electron chi connectivity index (χ1n) is 7.28. The fourth-order valence-corrected chi connectivity index (χ4v) is 5.40. The Morgan fingerprint density at radius 2 is 1.81 bits per heavy atom.